The maximum Gasteiger partial charge on any atom is 0.460 e. The van der Waals surface area contributed by atoms with E-state index in [9.17, 15) is 44.3 Å². The molecule has 1 amide bonds. The number of hydrogen-bond acceptors (Lipinski definition) is 1. The molecule has 0 spiro atoms. The SMILES string of the molecule is Cc1c(Cl)cccc1NC(=O)C(F)(F)C(F)(F)C(F)(F)C(F)(F)F. The van der Waals surface area contributed by atoms with Gasteiger partial charge >= 0.3 is 29.9 Å². The lowest BCUT2D eigenvalue weighted by Gasteiger charge is -2.32. The quantitative estimate of drug-likeness (QED) is 0.719. The molecule has 0 aromatic heterocycles. The number of carbonyl (C=O) groups excluding carboxylic acids is 1. The van der Waals surface area contributed by atoms with Crippen LogP contribution in [0.1, 0.15) is 5.56 Å². The molecule has 1 aromatic rings. The molecule has 136 valence electrons. The van der Waals surface area contributed by atoms with Crippen LogP contribution in [-0.2, 0) is 4.79 Å². The Morgan fingerprint density at radius 2 is 1.46 bits per heavy atom. The Morgan fingerprint density at radius 3 is 1.92 bits per heavy atom. The molecular weight excluding hydrogens is 381 g/mol. The molecule has 0 saturated heterocycles. The molecule has 12 heteroatoms. The largest absolute Gasteiger partial charge is 0.460 e. The van der Waals surface area contributed by atoms with Crippen molar-refractivity contribution in [3.05, 3.63) is 28.8 Å². The number of hydrogen-bond donors (Lipinski definition) is 1. The van der Waals surface area contributed by atoms with Gasteiger partial charge in [-0.2, -0.15) is 39.5 Å². The maximum absolute atomic E-state index is 13.4. The first-order valence-corrected chi connectivity index (χ1v) is 6.22. The van der Waals surface area contributed by atoms with Gasteiger partial charge < -0.3 is 5.32 Å². The molecule has 2 nitrogen and oxygen atoms in total. The molecular formula is C12H7ClF9NO. The van der Waals surface area contributed by atoms with E-state index in [2.05, 4.69) is 0 Å². The first-order valence-electron chi connectivity index (χ1n) is 5.84. The van der Waals surface area contributed by atoms with E-state index < -0.39 is 35.5 Å². The van der Waals surface area contributed by atoms with Crippen LogP contribution in [0.15, 0.2) is 18.2 Å². The van der Waals surface area contributed by atoms with Crippen molar-refractivity contribution < 1.29 is 44.3 Å². The minimum Gasteiger partial charge on any atom is -0.320 e. The fraction of sp³-hybridized carbons (Fsp3) is 0.417. The number of rotatable bonds is 4. The highest BCUT2D eigenvalue weighted by Crippen LogP contribution is 2.53. The highest BCUT2D eigenvalue weighted by molar-refractivity contribution is 6.31. The van der Waals surface area contributed by atoms with Gasteiger partial charge in [0.1, 0.15) is 0 Å². The molecule has 0 fully saturated rings. The Labute approximate surface area is 133 Å². The van der Waals surface area contributed by atoms with Crippen molar-refractivity contribution in [3.63, 3.8) is 0 Å². The molecule has 0 saturated carbocycles. The lowest BCUT2D eigenvalue weighted by molar-refractivity contribution is -0.388. The zero-order valence-corrected chi connectivity index (χ0v) is 12.2. The zero-order chi connectivity index (χ0) is 19.1. The molecule has 24 heavy (non-hydrogen) atoms. The second-order valence-corrected chi connectivity index (χ2v) is 4.99. The van der Waals surface area contributed by atoms with Crippen LogP contribution < -0.4 is 5.32 Å². The van der Waals surface area contributed by atoms with E-state index in [1.807, 2.05) is 0 Å². The molecule has 0 unspecified atom stereocenters. The Kier molecular flexibility index (Phi) is 5.11. The molecule has 0 bridgehead atoms. The van der Waals surface area contributed by atoms with Gasteiger partial charge in [-0.3, -0.25) is 4.79 Å². The van der Waals surface area contributed by atoms with Crippen molar-refractivity contribution in [2.45, 2.75) is 30.9 Å². The summed E-state index contributed by atoms with van der Waals surface area (Å²) < 4.78 is 114. The van der Waals surface area contributed by atoms with E-state index in [-0.39, 0.29) is 10.6 Å². The van der Waals surface area contributed by atoms with Crippen LogP contribution in [0.2, 0.25) is 5.02 Å². The molecule has 1 aromatic carbocycles. The van der Waals surface area contributed by atoms with Gasteiger partial charge in [0.05, 0.1) is 0 Å². The summed E-state index contributed by atoms with van der Waals surface area (Å²) in [5.74, 6) is -23.6. The molecule has 0 atom stereocenters. The normalized spacial score (nSPS) is 13.8. The Balaban J connectivity index is 3.23. The number of halogens is 10. The van der Waals surface area contributed by atoms with Crippen molar-refractivity contribution in [1.82, 2.24) is 0 Å². The number of amides is 1. The Hall–Kier alpha value is -1.65. The van der Waals surface area contributed by atoms with Crippen LogP contribution in [0.5, 0.6) is 0 Å². The van der Waals surface area contributed by atoms with E-state index in [0.717, 1.165) is 12.1 Å². The van der Waals surface area contributed by atoms with E-state index in [1.165, 1.54) is 18.3 Å². The summed E-state index contributed by atoms with van der Waals surface area (Å²) in [7, 11) is 0. The topological polar surface area (TPSA) is 29.1 Å². The van der Waals surface area contributed by atoms with Crippen LogP contribution >= 0.6 is 11.6 Å². The Morgan fingerprint density at radius 1 is 0.958 bits per heavy atom. The zero-order valence-electron chi connectivity index (χ0n) is 11.4. The second kappa shape index (κ2) is 6.01. The fourth-order valence-corrected chi connectivity index (χ4v) is 1.64. The van der Waals surface area contributed by atoms with Crippen molar-refractivity contribution in [2.24, 2.45) is 0 Å². The molecule has 1 N–H and O–H groups in total. The monoisotopic (exact) mass is 387 g/mol. The second-order valence-electron chi connectivity index (χ2n) is 4.59. The minimum absolute atomic E-state index is 0.0887. The molecule has 0 radical (unpaired) electrons. The van der Waals surface area contributed by atoms with Gasteiger partial charge in [-0.25, -0.2) is 0 Å². The van der Waals surface area contributed by atoms with Crippen molar-refractivity contribution >= 4 is 23.2 Å². The predicted octanol–water partition coefficient (Wildman–Crippen LogP) is 5.06. The van der Waals surface area contributed by atoms with Crippen LogP contribution in [0.25, 0.3) is 0 Å². The Bertz CT molecular complexity index is 642. The number of carbonyl (C=O) groups is 1. The van der Waals surface area contributed by atoms with Crippen LogP contribution in [-0.4, -0.2) is 29.9 Å². The molecule has 0 heterocycles. The highest BCUT2D eigenvalue weighted by Gasteiger charge is 2.83. The maximum atomic E-state index is 13.4. The van der Waals surface area contributed by atoms with Gasteiger partial charge in [0.25, 0.3) is 0 Å². The van der Waals surface area contributed by atoms with Crippen molar-refractivity contribution in [1.29, 1.82) is 0 Å². The van der Waals surface area contributed by atoms with Crippen molar-refractivity contribution in [3.8, 4) is 0 Å². The molecule has 1 rings (SSSR count). The van der Waals surface area contributed by atoms with Gasteiger partial charge in [0.15, 0.2) is 0 Å². The summed E-state index contributed by atoms with van der Waals surface area (Å²) in [4.78, 5) is 11.2. The molecule has 0 aliphatic carbocycles. The van der Waals surface area contributed by atoms with Gasteiger partial charge in [-0.15, -0.1) is 0 Å². The average Bonchev–Trinajstić information content (AvgIpc) is 2.42. The number of alkyl halides is 9. The third kappa shape index (κ3) is 3.13. The molecule has 0 aliphatic heterocycles. The van der Waals surface area contributed by atoms with Gasteiger partial charge in [0.2, 0.25) is 0 Å². The lowest BCUT2D eigenvalue weighted by atomic mass is 10.0. The van der Waals surface area contributed by atoms with Crippen LogP contribution in [0.4, 0.5) is 45.2 Å². The molecule has 0 aliphatic rings. The third-order valence-corrected chi connectivity index (χ3v) is 3.36. The van der Waals surface area contributed by atoms with Crippen molar-refractivity contribution in [2.75, 3.05) is 5.32 Å². The van der Waals surface area contributed by atoms with Crippen LogP contribution in [0, 0.1) is 6.92 Å². The van der Waals surface area contributed by atoms with Gasteiger partial charge in [0, 0.05) is 10.7 Å². The summed E-state index contributed by atoms with van der Waals surface area (Å²) in [6.07, 6.45) is -6.99. The summed E-state index contributed by atoms with van der Waals surface area (Å²) in [5.41, 5.74) is -0.646. The minimum atomic E-state index is -7.13. The van der Waals surface area contributed by atoms with Gasteiger partial charge in [-0.1, -0.05) is 17.7 Å². The number of anilines is 1. The standard InChI is InChI=1S/C12H7ClF9NO/c1-5-6(13)3-2-4-7(5)23-8(24)9(14,15)10(16,17)11(18,19)12(20,21)22/h2-4H,1H3,(H,23,24). The van der Waals surface area contributed by atoms with Crippen LogP contribution in [0.3, 0.4) is 0 Å². The summed E-state index contributed by atoms with van der Waals surface area (Å²) in [6.45, 7) is 1.17. The first kappa shape index (κ1) is 20.4. The summed E-state index contributed by atoms with van der Waals surface area (Å²) >= 11 is 5.58. The lowest BCUT2D eigenvalue weighted by Crippen LogP contribution is -2.64. The summed E-state index contributed by atoms with van der Waals surface area (Å²) in [5, 5.41) is 1.07. The third-order valence-electron chi connectivity index (χ3n) is 2.95. The number of benzene rings is 1. The van der Waals surface area contributed by atoms with E-state index >= 15 is 0 Å². The number of nitrogens with one attached hydrogen (secondary N) is 1. The average molecular weight is 388 g/mol. The summed E-state index contributed by atoms with van der Waals surface area (Å²) in [6, 6.07) is 3.25. The van der Waals surface area contributed by atoms with E-state index in [4.69, 9.17) is 11.6 Å². The smallest absolute Gasteiger partial charge is 0.320 e. The first-order chi connectivity index (χ1) is 10.6. The predicted molar refractivity (Wildman–Crippen MR) is 65.7 cm³/mol. The van der Waals surface area contributed by atoms with Gasteiger partial charge in [-0.05, 0) is 24.6 Å². The highest BCUT2D eigenvalue weighted by atomic mass is 35.5. The fourth-order valence-electron chi connectivity index (χ4n) is 1.46. The van der Waals surface area contributed by atoms with E-state index in [1.54, 1.807) is 0 Å². The van der Waals surface area contributed by atoms with E-state index in [0.29, 0.717) is 0 Å².